The Morgan fingerprint density at radius 2 is 1.95 bits per heavy atom. The third-order valence-electron chi connectivity index (χ3n) is 3.39. The zero-order valence-corrected chi connectivity index (χ0v) is 11.9. The van der Waals surface area contributed by atoms with Gasteiger partial charge in [-0.2, -0.15) is 0 Å². The first-order chi connectivity index (χ1) is 10.1. The average molecular weight is 285 g/mol. The van der Waals surface area contributed by atoms with Crippen LogP contribution in [0, 0.1) is 5.82 Å². The van der Waals surface area contributed by atoms with Gasteiger partial charge in [0.25, 0.3) is 0 Å². The maximum atomic E-state index is 13.6. The molecule has 0 spiro atoms. The van der Waals surface area contributed by atoms with Gasteiger partial charge in [0.15, 0.2) is 0 Å². The second-order valence-electron chi connectivity index (χ2n) is 5.23. The molecule has 0 aliphatic carbocycles. The van der Waals surface area contributed by atoms with E-state index in [4.69, 9.17) is 0 Å². The molecule has 2 N–H and O–H groups in total. The number of benzene rings is 2. The van der Waals surface area contributed by atoms with Crippen LogP contribution in [0.15, 0.2) is 47.3 Å². The van der Waals surface area contributed by atoms with Crippen LogP contribution in [-0.2, 0) is 0 Å². The Morgan fingerprint density at radius 1 is 1.19 bits per heavy atom. The van der Waals surface area contributed by atoms with Crippen molar-refractivity contribution in [2.75, 3.05) is 5.32 Å². The Balaban J connectivity index is 2.03. The monoisotopic (exact) mass is 285 g/mol. The maximum absolute atomic E-state index is 13.6. The summed E-state index contributed by atoms with van der Waals surface area (Å²) < 4.78 is 15.3. The van der Waals surface area contributed by atoms with E-state index in [-0.39, 0.29) is 17.5 Å². The van der Waals surface area contributed by atoms with Crippen LogP contribution < -0.4 is 11.0 Å². The highest BCUT2D eigenvalue weighted by molar-refractivity contribution is 5.81. The Bertz CT molecular complexity index is 848. The van der Waals surface area contributed by atoms with Crippen molar-refractivity contribution in [2.45, 2.75) is 19.9 Å². The van der Waals surface area contributed by atoms with Crippen molar-refractivity contribution in [3.63, 3.8) is 0 Å². The summed E-state index contributed by atoms with van der Waals surface area (Å²) >= 11 is 0. The molecule has 0 amide bonds. The number of para-hydroxylation sites is 1. The molecule has 3 aromatic rings. The number of hydrogen-bond donors (Lipinski definition) is 2. The predicted octanol–water partition coefficient (Wildman–Crippen LogP) is 3.79. The molecule has 0 saturated heterocycles. The molecule has 2 aromatic carbocycles. The number of hydrogen-bond acceptors (Lipinski definition) is 2. The summed E-state index contributed by atoms with van der Waals surface area (Å²) in [5.74, 6) is -0.314. The smallest absolute Gasteiger partial charge is 0.326 e. The molecular weight excluding hydrogens is 269 g/mol. The molecular formula is C16H16FN3O. The van der Waals surface area contributed by atoms with Crippen molar-refractivity contribution in [1.82, 2.24) is 9.55 Å². The highest BCUT2D eigenvalue weighted by Crippen LogP contribution is 2.23. The van der Waals surface area contributed by atoms with Crippen molar-refractivity contribution in [3.05, 3.63) is 58.8 Å². The molecule has 0 unspecified atom stereocenters. The predicted molar refractivity (Wildman–Crippen MR) is 82.6 cm³/mol. The first-order valence-electron chi connectivity index (χ1n) is 6.82. The maximum Gasteiger partial charge on any atom is 0.326 e. The minimum atomic E-state index is -0.314. The molecule has 5 heteroatoms. The first-order valence-corrected chi connectivity index (χ1v) is 6.82. The van der Waals surface area contributed by atoms with E-state index in [9.17, 15) is 9.18 Å². The van der Waals surface area contributed by atoms with E-state index in [2.05, 4.69) is 10.3 Å². The highest BCUT2D eigenvalue weighted by atomic mass is 19.1. The van der Waals surface area contributed by atoms with Gasteiger partial charge in [0, 0.05) is 11.7 Å². The molecule has 0 radical (unpaired) electrons. The summed E-state index contributed by atoms with van der Waals surface area (Å²) in [5.41, 5.74) is 2.57. The Morgan fingerprint density at radius 3 is 2.67 bits per heavy atom. The lowest BCUT2D eigenvalue weighted by molar-refractivity contribution is 0.598. The highest BCUT2D eigenvalue weighted by Gasteiger charge is 2.10. The van der Waals surface area contributed by atoms with Crippen molar-refractivity contribution in [3.8, 4) is 0 Å². The lowest BCUT2D eigenvalue weighted by Gasteiger charge is -2.09. The molecule has 0 saturated carbocycles. The summed E-state index contributed by atoms with van der Waals surface area (Å²) in [6.45, 7) is 3.92. The zero-order valence-electron chi connectivity index (χ0n) is 11.9. The average Bonchev–Trinajstić information content (AvgIpc) is 2.76. The minimum Gasteiger partial charge on any atom is -0.353 e. The van der Waals surface area contributed by atoms with Crippen LogP contribution >= 0.6 is 0 Å². The van der Waals surface area contributed by atoms with Gasteiger partial charge in [-0.25, -0.2) is 9.18 Å². The fourth-order valence-corrected chi connectivity index (χ4v) is 2.44. The third kappa shape index (κ3) is 2.42. The van der Waals surface area contributed by atoms with Gasteiger partial charge in [-0.15, -0.1) is 0 Å². The van der Waals surface area contributed by atoms with Gasteiger partial charge < -0.3 is 10.3 Å². The normalized spacial score (nSPS) is 11.2. The van der Waals surface area contributed by atoms with E-state index >= 15 is 0 Å². The lowest BCUT2D eigenvalue weighted by atomic mass is 10.2. The molecule has 1 aromatic heterocycles. The zero-order chi connectivity index (χ0) is 15.0. The van der Waals surface area contributed by atoms with Crippen LogP contribution in [0.5, 0.6) is 0 Å². The Hall–Kier alpha value is -2.56. The Labute approximate surface area is 121 Å². The first kappa shape index (κ1) is 13.4. The van der Waals surface area contributed by atoms with E-state index in [0.29, 0.717) is 5.69 Å². The second-order valence-corrected chi connectivity index (χ2v) is 5.23. The lowest BCUT2D eigenvalue weighted by Crippen LogP contribution is -2.18. The minimum absolute atomic E-state index is 0.0802. The fraction of sp³-hybridized carbons (Fsp3) is 0.188. The molecule has 108 valence electrons. The van der Waals surface area contributed by atoms with Gasteiger partial charge in [0.2, 0.25) is 0 Å². The number of imidazole rings is 1. The van der Waals surface area contributed by atoms with Gasteiger partial charge in [0.1, 0.15) is 5.82 Å². The van der Waals surface area contributed by atoms with Crippen molar-refractivity contribution >= 4 is 22.4 Å². The molecule has 0 atom stereocenters. The molecule has 3 rings (SSSR count). The number of fused-ring (bicyclic) bond motifs is 1. The summed E-state index contributed by atoms with van der Waals surface area (Å²) in [5, 5.41) is 3.02. The van der Waals surface area contributed by atoms with Crippen LogP contribution in [0.4, 0.5) is 15.8 Å². The number of rotatable bonds is 3. The largest absolute Gasteiger partial charge is 0.353 e. The van der Waals surface area contributed by atoms with E-state index in [1.165, 1.54) is 6.07 Å². The van der Waals surface area contributed by atoms with Crippen LogP contribution in [0.2, 0.25) is 0 Å². The van der Waals surface area contributed by atoms with E-state index < -0.39 is 0 Å². The van der Waals surface area contributed by atoms with Crippen molar-refractivity contribution < 1.29 is 4.39 Å². The van der Waals surface area contributed by atoms with Crippen molar-refractivity contribution in [2.24, 2.45) is 0 Å². The molecule has 4 nitrogen and oxygen atoms in total. The fourth-order valence-electron chi connectivity index (χ4n) is 2.44. The molecule has 0 bridgehead atoms. The number of nitrogens with one attached hydrogen (secondary N) is 2. The van der Waals surface area contributed by atoms with Gasteiger partial charge in [-0.1, -0.05) is 12.1 Å². The Kier molecular flexibility index (Phi) is 3.25. The molecule has 21 heavy (non-hydrogen) atoms. The van der Waals surface area contributed by atoms with Gasteiger partial charge in [-0.3, -0.25) is 4.57 Å². The quantitative estimate of drug-likeness (QED) is 0.769. The number of anilines is 2. The number of halogens is 1. The molecule has 0 aliphatic heterocycles. The van der Waals surface area contributed by atoms with Gasteiger partial charge >= 0.3 is 5.69 Å². The standard InChI is InChI=1S/C16H16FN3O/c1-10(2)20-15-8-7-11(9-14(15)19-16(20)21)18-13-6-4-3-5-12(13)17/h3-10,18H,1-2H3,(H,19,21). The number of nitrogens with zero attached hydrogens (tertiary/aromatic N) is 1. The topological polar surface area (TPSA) is 49.8 Å². The number of aromatic nitrogens is 2. The van der Waals surface area contributed by atoms with Gasteiger partial charge in [-0.05, 0) is 44.2 Å². The summed E-state index contributed by atoms with van der Waals surface area (Å²) in [6.07, 6.45) is 0. The summed E-state index contributed by atoms with van der Waals surface area (Å²) in [4.78, 5) is 14.8. The van der Waals surface area contributed by atoms with E-state index in [1.807, 2.05) is 32.0 Å². The van der Waals surface area contributed by atoms with Crippen LogP contribution in [0.3, 0.4) is 0 Å². The van der Waals surface area contributed by atoms with Crippen molar-refractivity contribution in [1.29, 1.82) is 0 Å². The molecule has 0 aliphatic rings. The number of aromatic amines is 1. The number of H-pyrrole nitrogens is 1. The van der Waals surface area contributed by atoms with Crippen LogP contribution in [-0.4, -0.2) is 9.55 Å². The van der Waals surface area contributed by atoms with E-state index in [1.54, 1.807) is 22.8 Å². The second kappa shape index (κ2) is 5.09. The SMILES string of the molecule is CC(C)n1c(=O)[nH]c2cc(Nc3ccccc3F)ccc21. The third-order valence-corrected chi connectivity index (χ3v) is 3.39. The molecule has 0 fully saturated rings. The summed E-state index contributed by atoms with van der Waals surface area (Å²) in [6, 6.07) is 12.1. The van der Waals surface area contributed by atoms with E-state index in [0.717, 1.165) is 16.7 Å². The van der Waals surface area contributed by atoms with Gasteiger partial charge in [0.05, 0.1) is 16.7 Å². The summed E-state index contributed by atoms with van der Waals surface area (Å²) in [7, 11) is 0. The molecule has 1 heterocycles. The van der Waals surface area contributed by atoms with Crippen LogP contribution in [0.25, 0.3) is 11.0 Å². The van der Waals surface area contributed by atoms with Crippen LogP contribution in [0.1, 0.15) is 19.9 Å².